The minimum atomic E-state index is -0.663. The van der Waals surface area contributed by atoms with E-state index in [1.54, 1.807) is 14.2 Å². The monoisotopic (exact) mass is 453 g/mol. The summed E-state index contributed by atoms with van der Waals surface area (Å²) in [5, 5.41) is 3.04. The molecule has 0 aromatic heterocycles. The van der Waals surface area contributed by atoms with Crippen molar-refractivity contribution in [3.05, 3.63) is 42.0 Å². The van der Waals surface area contributed by atoms with Crippen LogP contribution in [0, 0.1) is 0 Å². The number of carbonyl (C=O) groups is 2. The molecule has 1 saturated heterocycles. The Morgan fingerprint density at radius 1 is 1.12 bits per heavy atom. The zero-order valence-electron chi connectivity index (χ0n) is 19.6. The number of hydrogen-bond acceptors (Lipinski definition) is 6. The molecule has 2 aliphatic heterocycles. The molecule has 0 unspecified atom stereocenters. The van der Waals surface area contributed by atoms with Crippen molar-refractivity contribution in [2.45, 2.75) is 24.7 Å². The van der Waals surface area contributed by atoms with Gasteiger partial charge in [0.2, 0.25) is 11.8 Å². The summed E-state index contributed by atoms with van der Waals surface area (Å²) in [7, 11) is 7.13. The number of anilines is 2. The SMILES string of the molecule is COCCC(=O)N1CCC2(CC1)C(=O)Nc1cc(Oc3cccc(N(C)C)c3)c(OC)cc12. The minimum Gasteiger partial charge on any atom is -0.493 e. The highest BCUT2D eigenvalue weighted by atomic mass is 16.5. The maximum Gasteiger partial charge on any atom is 0.235 e. The summed E-state index contributed by atoms with van der Waals surface area (Å²) in [4.78, 5) is 29.3. The van der Waals surface area contributed by atoms with Crippen LogP contribution in [-0.2, 0) is 19.7 Å². The van der Waals surface area contributed by atoms with Crippen molar-refractivity contribution in [3.8, 4) is 17.2 Å². The van der Waals surface area contributed by atoms with E-state index in [2.05, 4.69) is 5.32 Å². The summed E-state index contributed by atoms with van der Waals surface area (Å²) in [5.74, 6) is 1.82. The van der Waals surface area contributed by atoms with Gasteiger partial charge in [-0.05, 0) is 36.6 Å². The van der Waals surface area contributed by atoms with Crippen LogP contribution in [0.3, 0.4) is 0 Å². The fourth-order valence-electron chi connectivity index (χ4n) is 4.60. The van der Waals surface area contributed by atoms with E-state index in [9.17, 15) is 9.59 Å². The van der Waals surface area contributed by atoms with Crippen molar-refractivity contribution in [1.82, 2.24) is 4.90 Å². The Bertz CT molecular complexity index is 1040. The minimum absolute atomic E-state index is 0.0321. The van der Waals surface area contributed by atoms with E-state index in [1.807, 2.05) is 60.3 Å². The number of likely N-dealkylation sites (tertiary alicyclic amines) is 1. The van der Waals surface area contributed by atoms with Crippen molar-refractivity contribution in [3.63, 3.8) is 0 Å². The van der Waals surface area contributed by atoms with E-state index in [-0.39, 0.29) is 11.8 Å². The fraction of sp³-hybridized carbons (Fsp3) is 0.440. The van der Waals surface area contributed by atoms with Gasteiger partial charge in [-0.15, -0.1) is 0 Å². The summed E-state index contributed by atoms with van der Waals surface area (Å²) >= 11 is 0. The summed E-state index contributed by atoms with van der Waals surface area (Å²) in [6.45, 7) is 1.47. The molecule has 0 bridgehead atoms. The standard InChI is InChI=1S/C25H31N3O5/c1-27(2)17-6-5-7-18(14-17)33-22-16-20-19(15-21(22)32-4)25(24(30)26-20)9-11-28(12-10-25)23(29)8-13-31-3/h5-7,14-16H,8-13H2,1-4H3,(H,26,30). The zero-order valence-corrected chi connectivity index (χ0v) is 19.6. The average molecular weight is 454 g/mol. The van der Waals surface area contributed by atoms with E-state index < -0.39 is 5.41 Å². The zero-order chi connectivity index (χ0) is 23.6. The summed E-state index contributed by atoms with van der Waals surface area (Å²) in [6.07, 6.45) is 1.49. The maximum atomic E-state index is 13.1. The number of rotatable bonds is 7. The molecule has 1 spiro atoms. The Labute approximate surface area is 194 Å². The van der Waals surface area contributed by atoms with E-state index in [4.69, 9.17) is 14.2 Å². The van der Waals surface area contributed by atoms with E-state index in [0.717, 1.165) is 16.9 Å². The molecule has 2 aromatic carbocycles. The summed E-state index contributed by atoms with van der Waals surface area (Å²) in [6, 6.07) is 11.5. The summed E-state index contributed by atoms with van der Waals surface area (Å²) in [5.41, 5.74) is 2.00. The molecule has 0 atom stereocenters. The quantitative estimate of drug-likeness (QED) is 0.692. The number of amides is 2. The van der Waals surface area contributed by atoms with Gasteiger partial charge in [-0.2, -0.15) is 0 Å². The van der Waals surface area contributed by atoms with Gasteiger partial charge >= 0.3 is 0 Å². The first-order valence-electron chi connectivity index (χ1n) is 11.1. The normalized spacial score (nSPS) is 16.4. The number of benzene rings is 2. The Balaban J connectivity index is 1.58. The second-order valence-corrected chi connectivity index (χ2v) is 8.70. The lowest BCUT2D eigenvalue weighted by Crippen LogP contribution is -2.48. The van der Waals surface area contributed by atoms with E-state index in [0.29, 0.717) is 56.2 Å². The van der Waals surface area contributed by atoms with Crippen LogP contribution < -0.4 is 19.7 Å². The van der Waals surface area contributed by atoms with Gasteiger partial charge in [-0.25, -0.2) is 0 Å². The molecule has 2 amide bonds. The Morgan fingerprint density at radius 3 is 2.55 bits per heavy atom. The number of methoxy groups -OCH3 is 2. The molecule has 1 fully saturated rings. The molecule has 8 nitrogen and oxygen atoms in total. The van der Waals surface area contributed by atoms with Gasteiger partial charge in [0.25, 0.3) is 0 Å². The number of ether oxygens (including phenoxy) is 3. The molecular weight excluding hydrogens is 422 g/mol. The van der Waals surface area contributed by atoms with Crippen LogP contribution in [0.2, 0.25) is 0 Å². The predicted octanol–water partition coefficient (Wildman–Crippen LogP) is 3.40. The third-order valence-corrected chi connectivity index (χ3v) is 6.55. The first kappa shape index (κ1) is 22.9. The number of piperidine rings is 1. The summed E-state index contributed by atoms with van der Waals surface area (Å²) < 4.78 is 16.8. The molecule has 0 radical (unpaired) electrons. The molecular formula is C25H31N3O5. The molecule has 33 heavy (non-hydrogen) atoms. The van der Waals surface area contributed by atoms with E-state index in [1.165, 1.54) is 0 Å². The Morgan fingerprint density at radius 2 is 1.88 bits per heavy atom. The van der Waals surface area contributed by atoms with Crippen LogP contribution in [0.25, 0.3) is 0 Å². The smallest absolute Gasteiger partial charge is 0.235 e. The third-order valence-electron chi connectivity index (χ3n) is 6.55. The highest BCUT2D eigenvalue weighted by molar-refractivity contribution is 6.07. The van der Waals surface area contributed by atoms with Gasteiger partial charge < -0.3 is 29.3 Å². The lowest BCUT2D eigenvalue weighted by atomic mass is 9.73. The van der Waals surface area contributed by atoms with Crippen molar-refractivity contribution in [1.29, 1.82) is 0 Å². The third kappa shape index (κ3) is 4.35. The number of fused-ring (bicyclic) bond motifs is 2. The average Bonchev–Trinajstić information content (AvgIpc) is 3.07. The van der Waals surface area contributed by atoms with Gasteiger partial charge in [-0.1, -0.05) is 6.07 Å². The second kappa shape index (κ2) is 9.31. The molecule has 8 heteroatoms. The number of carbonyl (C=O) groups excluding carboxylic acids is 2. The van der Waals surface area contributed by atoms with Gasteiger partial charge in [0.15, 0.2) is 11.5 Å². The van der Waals surface area contributed by atoms with Crippen LogP contribution in [0.15, 0.2) is 36.4 Å². The maximum absolute atomic E-state index is 13.1. The van der Waals surface area contributed by atoms with Crippen molar-refractivity contribution in [2.75, 3.05) is 58.2 Å². The van der Waals surface area contributed by atoms with Crippen LogP contribution in [0.1, 0.15) is 24.8 Å². The van der Waals surface area contributed by atoms with Crippen molar-refractivity contribution >= 4 is 23.2 Å². The van der Waals surface area contributed by atoms with Crippen LogP contribution in [-0.4, -0.2) is 64.7 Å². The molecule has 2 aromatic rings. The number of hydrogen-bond donors (Lipinski definition) is 1. The topological polar surface area (TPSA) is 80.3 Å². The molecule has 1 N–H and O–H groups in total. The lowest BCUT2D eigenvalue weighted by molar-refractivity contribution is -0.135. The molecule has 0 saturated carbocycles. The van der Waals surface area contributed by atoms with E-state index >= 15 is 0 Å². The van der Waals surface area contributed by atoms with Crippen LogP contribution in [0.4, 0.5) is 11.4 Å². The first-order chi connectivity index (χ1) is 15.9. The second-order valence-electron chi connectivity index (χ2n) is 8.70. The fourth-order valence-corrected chi connectivity index (χ4v) is 4.60. The Kier molecular flexibility index (Phi) is 6.47. The molecule has 4 rings (SSSR count). The number of nitrogens with one attached hydrogen (secondary N) is 1. The molecule has 2 heterocycles. The van der Waals surface area contributed by atoms with Gasteiger partial charge in [0, 0.05) is 57.8 Å². The van der Waals surface area contributed by atoms with Gasteiger partial charge in [-0.3, -0.25) is 9.59 Å². The molecule has 176 valence electrons. The van der Waals surface area contributed by atoms with Crippen LogP contribution in [0.5, 0.6) is 17.2 Å². The number of nitrogens with zero attached hydrogens (tertiary/aromatic N) is 2. The largest absolute Gasteiger partial charge is 0.493 e. The molecule has 0 aliphatic carbocycles. The van der Waals surface area contributed by atoms with Gasteiger partial charge in [0.05, 0.1) is 25.6 Å². The first-order valence-corrected chi connectivity index (χ1v) is 11.1. The highest BCUT2D eigenvalue weighted by Gasteiger charge is 2.49. The van der Waals surface area contributed by atoms with Crippen LogP contribution >= 0.6 is 0 Å². The van der Waals surface area contributed by atoms with Crippen molar-refractivity contribution < 1.29 is 23.8 Å². The predicted molar refractivity (Wildman–Crippen MR) is 126 cm³/mol. The Hall–Kier alpha value is -3.26. The van der Waals surface area contributed by atoms with Gasteiger partial charge in [0.1, 0.15) is 5.75 Å². The lowest BCUT2D eigenvalue weighted by Gasteiger charge is -2.38. The molecule has 2 aliphatic rings. The highest BCUT2D eigenvalue weighted by Crippen LogP contribution is 2.49. The van der Waals surface area contributed by atoms with Crippen molar-refractivity contribution in [2.24, 2.45) is 0 Å².